The Labute approximate surface area is 102 Å². The van der Waals surface area contributed by atoms with Gasteiger partial charge in [-0.3, -0.25) is 9.58 Å². The summed E-state index contributed by atoms with van der Waals surface area (Å²) in [6, 6.07) is 0. The first-order valence-corrected chi connectivity index (χ1v) is 6.06. The van der Waals surface area contributed by atoms with Crippen LogP contribution in [0.1, 0.15) is 18.5 Å². The van der Waals surface area contributed by atoms with E-state index in [1.54, 1.807) is 0 Å². The number of nitrogens with two attached hydrogens (primary N) is 1. The van der Waals surface area contributed by atoms with Crippen LogP contribution in [0.3, 0.4) is 0 Å². The van der Waals surface area contributed by atoms with Crippen molar-refractivity contribution < 1.29 is 0 Å². The van der Waals surface area contributed by atoms with Gasteiger partial charge in [0.25, 0.3) is 0 Å². The Morgan fingerprint density at radius 2 is 2.41 bits per heavy atom. The van der Waals surface area contributed by atoms with Crippen LogP contribution in [-0.2, 0) is 13.1 Å². The van der Waals surface area contributed by atoms with E-state index in [4.69, 9.17) is 12.2 Å². The van der Waals surface area contributed by atoms with Crippen molar-refractivity contribution in [3.63, 3.8) is 0 Å². The molecule has 1 aliphatic rings. The molecule has 17 heavy (non-hydrogen) atoms. The molecule has 0 radical (unpaired) electrons. The molecular weight excluding hydrogens is 214 g/mol. The molecule has 0 amide bonds. The van der Waals surface area contributed by atoms with Crippen molar-refractivity contribution in [2.45, 2.75) is 25.9 Å². The molecule has 0 atom stereocenters. The number of aromatic nitrogens is 3. The minimum absolute atomic E-state index is 0.441. The largest absolute Gasteiger partial charge is 0.325 e. The molecule has 1 aromatic rings. The average Bonchev–Trinajstić information content (AvgIpc) is 3.03. The smallest absolute Gasteiger partial charge is 0.0962 e. The molecule has 0 saturated heterocycles. The summed E-state index contributed by atoms with van der Waals surface area (Å²) >= 11 is 0. The Morgan fingerprint density at radius 3 is 3.00 bits per heavy atom. The predicted octanol–water partition coefficient (Wildman–Crippen LogP) is 0.0820. The van der Waals surface area contributed by atoms with Crippen molar-refractivity contribution in [1.82, 2.24) is 19.9 Å². The number of hydrogen-bond acceptors (Lipinski definition) is 4. The van der Waals surface area contributed by atoms with Crippen LogP contribution >= 0.6 is 0 Å². The lowest BCUT2D eigenvalue weighted by Gasteiger charge is -2.18. The molecule has 5 nitrogen and oxygen atoms in total. The van der Waals surface area contributed by atoms with Crippen molar-refractivity contribution in [1.29, 1.82) is 0 Å². The predicted molar refractivity (Wildman–Crippen MR) is 65.9 cm³/mol. The first-order valence-electron chi connectivity index (χ1n) is 6.06. The maximum Gasteiger partial charge on any atom is 0.0962 e. The summed E-state index contributed by atoms with van der Waals surface area (Å²) in [5, 5.41) is 7.98. The van der Waals surface area contributed by atoms with Gasteiger partial charge in [-0.2, -0.15) is 0 Å². The second-order valence-corrected chi connectivity index (χ2v) is 4.56. The van der Waals surface area contributed by atoms with Crippen molar-refractivity contribution in [2.24, 2.45) is 11.7 Å². The van der Waals surface area contributed by atoms with E-state index in [1.165, 1.54) is 12.8 Å². The van der Waals surface area contributed by atoms with E-state index in [-0.39, 0.29) is 0 Å². The molecule has 0 spiro atoms. The SMILES string of the molecule is C#CCN(CCn1cc(CN)nn1)CC1CC1. The fourth-order valence-corrected chi connectivity index (χ4v) is 1.81. The highest BCUT2D eigenvalue weighted by molar-refractivity contribution is 4.92. The molecular formula is C12H19N5. The standard InChI is InChI=1S/C12H19N5/c1-2-5-16(9-11-3-4-11)6-7-17-10-12(8-13)14-15-17/h1,10-11H,3-9,13H2. The maximum atomic E-state index is 5.49. The lowest BCUT2D eigenvalue weighted by atomic mass is 10.3. The van der Waals surface area contributed by atoms with Gasteiger partial charge in [0.1, 0.15) is 0 Å². The quantitative estimate of drug-likeness (QED) is 0.678. The van der Waals surface area contributed by atoms with Gasteiger partial charge in [-0.1, -0.05) is 11.1 Å². The van der Waals surface area contributed by atoms with Crippen molar-refractivity contribution in [2.75, 3.05) is 19.6 Å². The van der Waals surface area contributed by atoms with Gasteiger partial charge in [-0.15, -0.1) is 11.5 Å². The lowest BCUT2D eigenvalue weighted by molar-refractivity contribution is 0.276. The van der Waals surface area contributed by atoms with Crippen LogP contribution in [0.15, 0.2) is 6.20 Å². The highest BCUT2D eigenvalue weighted by atomic mass is 15.4. The zero-order valence-electron chi connectivity index (χ0n) is 10.0. The molecule has 2 rings (SSSR count). The second-order valence-electron chi connectivity index (χ2n) is 4.56. The van der Waals surface area contributed by atoms with Crippen LogP contribution in [-0.4, -0.2) is 39.5 Å². The lowest BCUT2D eigenvalue weighted by Crippen LogP contribution is -2.30. The van der Waals surface area contributed by atoms with Crippen LogP contribution < -0.4 is 5.73 Å². The summed E-state index contributed by atoms with van der Waals surface area (Å²) in [6.45, 7) is 4.02. The van der Waals surface area contributed by atoms with Crippen molar-refractivity contribution >= 4 is 0 Å². The number of hydrogen-bond donors (Lipinski definition) is 1. The molecule has 0 aromatic carbocycles. The van der Waals surface area contributed by atoms with Crippen molar-refractivity contribution in [3.05, 3.63) is 11.9 Å². The summed E-state index contributed by atoms with van der Waals surface area (Å²) in [5.74, 6) is 3.57. The first kappa shape index (κ1) is 12.1. The van der Waals surface area contributed by atoms with E-state index in [0.29, 0.717) is 6.54 Å². The molecule has 92 valence electrons. The van der Waals surface area contributed by atoms with Gasteiger partial charge >= 0.3 is 0 Å². The number of terminal acetylenes is 1. The second kappa shape index (κ2) is 5.80. The normalized spacial score (nSPS) is 15.1. The van der Waals surface area contributed by atoms with Gasteiger partial charge in [0, 0.05) is 25.8 Å². The summed E-state index contributed by atoms with van der Waals surface area (Å²) in [6.07, 6.45) is 9.97. The Kier molecular flexibility index (Phi) is 4.13. The van der Waals surface area contributed by atoms with Crippen LogP contribution in [0, 0.1) is 18.3 Å². The average molecular weight is 233 g/mol. The fraction of sp³-hybridized carbons (Fsp3) is 0.667. The zero-order chi connectivity index (χ0) is 12.1. The Bertz CT molecular complexity index is 388. The van der Waals surface area contributed by atoms with Gasteiger partial charge in [0.2, 0.25) is 0 Å². The van der Waals surface area contributed by atoms with Crippen LogP contribution in [0.25, 0.3) is 0 Å². The third-order valence-corrected chi connectivity index (χ3v) is 2.97. The minimum Gasteiger partial charge on any atom is -0.325 e. The molecule has 1 heterocycles. The molecule has 2 N–H and O–H groups in total. The number of nitrogens with zero attached hydrogens (tertiary/aromatic N) is 4. The zero-order valence-corrected chi connectivity index (χ0v) is 10.0. The molecule has 5 heteroatoms. The summed E-state index contributed by atoms with van der Waals surface area (Å²) in [4.78, 5) is 2.31. The van der Waals surface area contributed by atoms with Crippen LogP contribution in [0.5, 0.6) is 0 Å². The van der Waals surface area contributed by atoms with Gasteiger partial charge in [0.05, 0.1) is 18.8 Å². The van der Waals surface area contributed by atoms with E-state index >= 15 is 0 Å². The highest BCUT2D eigenvalue weighted by Crippen LogP contribution is 2.29. The maximum absolute atomic E-state index is 5.49. The number of rotatable bonds is 7. The molecule has 1 aromatic heterocycles. The summed E-state index contributed by atoms with van der Waals surface area (Å²) < 4.78 is 1.83. The van der Waals surface area contributed by atoms with Crippen LogP contribution in [0.4, 0.5) is 0 Å². The summed E-state index contributed by atoms with van der Waals surface area (Å²) in [7, 11) is 0. The molecule has 1 aliphatic carbocycles. The molecule has 0 bridgehead atoms. The Hall–Kier alpha value is -1.38. The van der Waals surface area contributed by atoms with Gasteiger partial charge in [-0.05, 0) is 18.8 Å². The van der Waals surface area contributed by atoms with E-state index in [2.05, 4.69) is 21.1 Å². The van der Waals surface area contributed by atoms with Gasteiger partial charge in [0.15, 0.2) is 0 Å². The Morgan fingerprint density at radius 1 is 1.59 bits per heavy atom. The topological polar surface area (TPSA) is 60.0 Å². The molecule has 0 aliphatic heterocycles. The highest BCUT2D eigenvalue weighted by Gasteiger charge is 2.23. The fourth-order valence-electron chi connectivity index (χ4n) is 1.81. The third-order valence-electron chi connectivity index (χ3n) is 2.97. The van der Waals surface area contributed by atoms with Crippen LogP contribution in [0.2, 0.25) is 0 Å². The first-order chi connectivity index (χ1) is 8.31. The van der Waals surface area contributed by atoms with Gasteiger partial charge in [-0.25, -0.2) is 0 Å². The van der Waals surface area contributed by atoms with E-state index in [9.17, 15) is 0 Å². The summed E-state index contributed by atoms with van der Waals surface area (Å²) in [5.41, 5.74) is 6.32. The third kappa shape index (κ3) is 3.84. The molecule has 1 fully saturated rings. The Balaban J connectivity index is 1.79. The monoisotopic (exact) mass is 233 g/mol. The van der Waals surface area contributed by atoms with Crippen molar-refractivity contribution in [3.8, 4) is 12.3 Å². The van der Waals surface area contributed by atoms with E-state index in [1.807, 2.05) is 10.9 Å². The van der Waals surface area contributed by atoms with Gasteiger partial charge < -0.3 is 5.73 Å². The molecule has 0 unspecified atom stereocenters. The minimum atomic E-state index is 0.441. The van der Waals surface area contributed by atoms with E-state index in [0.717, 1.165) is 37.8 Å². The van der Waals surface area contributed by atoms with E-state index < -0.39 is 0 Å². The molecule has 1 saturated carbocycles.